The Labute approximate surface area is 177 Å². The Balaban J connectivity index is 1.90. The van der Waals surface area contributed by atoms with E-state index in [2.05, 4.69) is 25.3 Å². The molecule has 0 aliphatic rings. The van der Waals surface area contributed by atoms with E-state index in [4.69, 9.17) is 0 Å². The van der Waals surface area contributed by atoms with Gasteiger partial charge in [0.2, 0.25) is 5.95 Å². The fourth-order valence-electron chi connectivity index (χ4n) is 2.76. The van der Waals surface area contributed by atoms with Gasteiger partial charge >= 0.3 is 6.36 Å². The molecule has 0 aliphatic heterocycles. The molecular formula is C22H22F4N4O. The molecule has 3 rings (SSSR count). The van der Waals surface area contributed by atoms with Crippen LogP contribution in [0.25, 0.3) is 11.3 Å². The monoisotopic (exact) mass is 434 g/mol. The Hall–Kier alpha value is -3.36. The summed E-state index contributed by atoms with van der Waals surface area (Å²) >= 11 is 0. The number of hydrogen-bond acceptors (Lipinski definition) is 5. The van der Waals surface area contributed by atoms with E-state index >= 15 is 0 Å². The van der Waals surface area contributed by atoms with E-state index in [1.54, 1.807) is 24.3 Å². The Morgan fingerprint density at radius 3 is 2.52 bits per heavy atom. The number of benzene rings is 2. The van der Waals surface area contributed by atoms with Crippen molar-refractivity contribution >= 4 is 11.8 Å². The van der Waals surface area contributed by atoms with Gasteiger partial charge in [-0.15, -0.1) is 13.2 Å². The van der Waals surface area contributed by atoms with Gasteiger partial charge in [-0.25, -0.2) is 9.37 Å². The maximum atomic E-state index is 13.4. The third-order valence-corrected chi connectivity index (χ3v) is 4.44. The molecule has 0 unspecified atom stereocenters. The molecule has 0 bridgehead atoms. The lowest BCUT2D eigenvalue weighted by Gasteiger charge is -2.15. The molecule has 0 aliphatic carbocycles. The first-order valence-electron chi connectivity index (χ1n) is 9.72. The molecule has 0 radical (unpaired) electrons. The second-order valence-corrected chi connectivity index (χ2v) is 6.97. The number of ether oxygens (including phenoxy) is 1. The van der Waals surface area contributed by atoms with Gasteiger partial charge in [0, 0.05) is 24.2 Å². The van der Waals surface area contributed by atoms with Gasteiger partial charge in [0.25, 0.3) is 0 Å². The lowest BCUT2D eigenvalue weighted by Crippen LogP contribution is -2.17. The smallest absolute Gasteiger partial charge is 0.406 e. The van der Waals surface area contributed by atoms with Crippen LogP contribution in [0.5, 0.6) is 5.75 Å². The number of alkyl halides is 3. The highest BCUT2D eigenvalue weighted by molar-refractivity contribution is 5.66. The first-order valence-corrected chi connectivity index (χ1v) is 9.72. The molecule has 1 heterocycles. The highest BCUT2D eigenvalue weighted by Gasteiger charge is 2.31. The van der Waals surface area contributed by atoms with E-state index in [-0.39, 0.29) is 17.6 Å². The summed E-state index contributed by atoms with van der Waals surface area (Å²) in [7, 11) is 0. The van der Waals surface area contributed by atoms with Crippen LogP contribution in [0.1, 0.15) is 25.8 Å². The highest BCUT2D eigenvalue weighted by Crippen LogP contribution is 2.29. The normalized spacial score (nSPS) is 12.3. The van der Waals surface area contributed by atoms with E-state index < -0.39 is 6.36 Å². The minimum Gasteiger partial charge on any atom is -0.406 e. The molecule has 9 heteroatoms. The maximum Gasteiger partial charge on any atom is 0.573 e. The van der Waals surface area contributed by atoms with E-state index in [1.165, 1.54) is 30.3 Å². The molecule has 0 saturated carbocycles. The van der Waals surface area contributed by atoms with E-state index in [9.17, 15) is 17.6 Å². The zero-order chi connectivity index (χ0) is 22.4. The van der Waals surface area contributed by atoms with Crippen molar-refractivity contribution in [2.24, 2.45) is 0 Å². The molecule has 2 aromatic carbocycles. The van der Waals surface area contributed by atoms with Crippen LogP contribution in [0.3, 0.4) is 0 Å². The Morgan fingerprint density at radius 1 is 1.03 bits per heavy atom. The average Bonchev–Trinajstić information content (AvgIpc) is 2.71. The molecular weight excluding hydrogens is 412 g/mol. The molecule has 0 fully saturated rings. The molecule has 5 nitrogen and oxygen atoms in total. The fraction of sp³-hybridized carbons (Fsp3) is 0.273. The van der Waals surface area contributed by atoms with Gasteiger partial charge in [-0.1, -0.05) is 31.2 Å². The van der Waals surface area contributed by atoms with Crippen molar-refractivity contribution in [2.75, 3.05) is 10.6 Å². The standard InChI is InChI=1S/C22H22F4N4O/c1-3-14(2)28-21-29-19(16-7-5-9-18(11-16)31-22(24,25)26)12-20(30-21)27-13-15-6-4-8-17(23)10-15/h4-12,14H,3,13H2,1-2H3,(H2,27,28,29,30)/t14-/m0/s1. The first kappa shape index (κ1) is 22.3. The predicted molar refractivity (Wildman–Crippen MR) is 111 cm³/mol. The molecule has 31 heavy (non-hydrogen) atoms. The second-order valence-electron chi connectivity index (χ2n) is 6.97. The Morgan fingerprint density at radius 2 is 1.81 bits per heavy atom. The van der Waals surface area contributed by atoms with Crippen LogP contribution < -0.4 is 15.4 Å². The van der Waals surface area contributed by atoms with Gasteiger partial charge in [0.05, 0.1) is 5.69 Å². The summed E-state index contributed by atoms with van der Waals surface area (Å²) in [4.78, 5) is 8.87. The zero-order valence-electron chi connectivity index (χ0n) is 17.0. The summed E-state index contributed by atoms with van der Waals surface area (Å²) in [5, 5.41) is 6.28. The van der Waals surface area contributed by atoms with Gasteiger partial charge < -0.3 is 15.4 Å². The topological polar surface area (TPSA) is 59.1 Å². The van der Waals surface area contributed by atoms with Crippen molar-refractivity contribution in [3.63, 3.8) is 0 Å². The number of nitrogens with zero attached hydrogens (tertiary/aromatic N) is 2. The average molecular weight is 434 g/mol. The van der Waals surface area contributed by atoms with Crippen LogP contribution in [0.15, 0.2) is 54.6 Å². The van der Waals surface area contributed by atoms with Crippen LogP contribution in [-0.2, 0) is 6.54 Å². The summed E-state index contributed by atoms with van der Waals surface area (Å²) in [5.74, 6) is 0.0931. The third kappa shape index (κ3) is 6.84. The van der Waals surface area contributed by atoms with Crippen molar-refractivity contribution < 1.29 is 22.3 Å². The predicted octanol–water partition coefficient (Wildman–Crippen LogP) is 6.00. The van der Waals surface area contributed by atoms with E-state index in [0.717, 1.165) is 12.0 Å². The van der Waals surface area contributed by atoms with Crippen molar-refractivity contribution in [1.82, 2.24) is 9.97 Å². The second kappa shape index (κ2) is 9.63. The van der Waals surface area contributed by atoms with Crippen LogP contribution >= 0.6 is 0 Å². The van der Waals surface area contributed by atoms with E-state index in [1.807, 2.05) is 13.8 Å². The molecule has 164 valence electrons. The summed E-state index contributed by atoms with van der Waals surface area (Å²) in [6, 6.07) is 13.4. The molecule has 3 aromatic rings. The number of nitrogens with one attached hydrogen (secondary N) is 2. The van der Waals surface area contributed by atoms with Crippen LogP contribution in [-0.4, -0.2) is 22.4 Å². The SMILES string of the molecule is CC[C@H](C)Nc1nc(NCc2cccc(F)c2)cc(-c2cccc(OC(F)(F)F)c2)n1. The Kier molecular flexibility index (Phi) is 6.94. The number of hydrogen-bond donors (Lipinski definition) is 2. The number of anilines is 2. The zero-order valence-corrected chi connectivity index (χ0v) is 17.0. The molecule has 0 spiro atoms. The number of aromatic nitrogens is 2. The highest BCUT2D eigenvalue weighted by atomic mass is 19.4. The maximum absolute atomic E-state index is 13.4. The third-order valence-electron chi connectivity index (χ3n) is 4.44. The molecule has 1 aromatic heterocycles. The molecule has 2 N–H and O–H groups in total. The summed E-state index contributed by atoms with van der Waals surface area (Å²) in [6.07, 6.45) is -3.96. The van der Waals surface area contributed by atoms with Gasteiger partial charge in [-0.2, -0.15) is 4.98 Å². The summed E-state index contributed by atoms with van der Waals surface area (Å²) in [6.45, 7) is 4.28. The van der Waals surface area contributed by atoms with Crippen molar-refractivity contribution in [2.45, 2.75) is 39.2 Å². The lowest BCUT2D eigenvalue weighted by molar-refractivity contribution is -0.274. The largest absolute Gasteiger partial charge is 0.573 e. The van der Waals surface area contributed by atoms with Crippen LogP contribution in [0.4, 0.5) is 29.3 Å². The molecule has 0 saturated heterocycles. The minimum absolute atomic E-state index is 0.0891. The Bertz CT molecular complexity index is 1030. The summed E-state index contributed by atoms with van der Waals surface area (Å²) in [5.41, 5.74) is 1.57. The van der Waals surface area contributed by atoms with Crippen LogP contribution in [0, 0.1) is 5.82 Å². The van der Waals surface area contributed by atoms with Gasteiger partial charge in [0.1, 0.15) is 17.4 Å². The van der Waals surface area contributed by atoms with Crippen molar-refractivity contribution in [3.8, 4) is 17.0 Å². The van der Waals surface area contributed by atoms with Gasteiger partial charge in [-0.3, -0.25) is 0 Å². The fourth-order valence-corrected chi connectivity index (χ4v) is 2.76. The van der Waals surface area contributed by atoms with Gasteiger partial charge in [0.15, 0.2) is 0 Å². The van der Waals surface area contributed by atoms with Gasteiger partial charge in [-0.05, 0) is 43.2 Å². The molecule has 1 atom stereocenters. The first-order chi connectivity index (χ1) is 14.7. The quantitative estimate of drug-likeness (QED) is 0.426. The van der Waals surface area contributed by atoms with Crippen molar-refractivity contribution in [3.05, 3.63) is 66.0 Å². The van der Waals surface area contributed by atoms with E-state index in [0.29, 0.717) is 29.6 Å². The number of rotatable bonds is 8. The van der Waals surface area contributed by atoms with Crippen LogP contribution in [0.2, 0.25) is 0 Å². The summed E-state index contributed by atoms with van der Waals surface area (Å²) < 4.78 is 55.2. The minimum atomic E-state index is -4.79. The van der Waals surface area contributed by atoms with Crippen molar-refractivity contribution in [1.29, 1.82) is 0 Å². The number of halogens is 4. The molecule has 0 amide bonds. The lowest BCUT2D eigenvalue weighted by atomic mass is 10.1.